The third-order valence-corrected chi connectivity index (χ3v) is 2.13. The molecule has 1 aromatic rings. The molecule has 0 saturated carbocycles. The molecule has 1 N–H and O–H groups in total. The summed E-state index contributed by atoms with van der Waals surface area (Å²) in [6, 6.07) is 5.99. The van der Waals surface area contributed by atoms with Gasteiger partial charge in [0.25, 0.3) is 0 Å². The van der Waals surface area contributed by atoms with E-state index in [9.17, 15) is 14.0 Å². The lowest BCUT2D eigenvalue weighted by Crippen LogP contribution is -2.30. The SMILES string of the molecule is CCOC(=O)CC(=O)NCCOc1ccccc1F. The molecule has 1 aromatic carbocycles. The Morgan fingerprint density at radius 3 is 2.74 bits per heavy atom. The maximum atomic E-state index is 13.2. The zero-order chi connectivity index (χ0) is 14.1. The van der Waals surface area contributed by atoms with Crippen LogP contribution in [0.15, 0.2) is 24.3 Å². The molecule has 0 spiro atoms. The zero-order valence-electron chi connectivity index (χ0n) is 10.6. The van der Waals surface area contributed by atoms with Crippen LogP contribution in [0.5, 0.6) is 5.75 Å². The zero-order valence-corrected chi connectivity index (χ0v) is 10.6. The van der Waals surface area contributed by atoms with Crippen molar-refractivity contribution in [2.75, 3.05) is 19.8 Å². The van der Waals surface area contributed by atoms with Gasteiger partial charge in [0.15, 0.2) is 11.6 Å². The first-order valence-electron chi connectivity index (χ1n) is 5.93. The van der Waals surface area contributed by atoms with Crippen LogP contribution in [-0.4, -0.2) is 31.6 Å². The Hall–Kier alpha value is -2.11. The van der Waals surface area contributed by atoms with Gasteiger partial charge < -0.3 is 14.8 Å². The first-order valence-corrected chi connectivity index (χ1v) is 5.93. The quantitative estimate of drug-likeness (QED) is 0.460. The third-order valence-electron chi connectivity index (χ3n) is 2.13. The highest BCUT2D eigenvalue weighted by Crippen LogP contribution is 2.14. The Balaban J connectivity index is 2.19. The molecule has 104 valence electrons. The molecule has 1 amide bonds. The van der Waals surface area contributed by atoms with Crippen LogP contribution in [0.1, 0.15) is 13.3 Å². The Labute approximate surface area is 110 Å². The molecular weight excluding hydrogens is 253 g/mol. The van der Waals surface area contributed by atoms with Crippen LogP contribution in [0.3, 0.4) is 0 Å². The van der Waals surface area contributed by atoms with Crippen molar-refractivity contribution in [3.63, 3.8) is 0 Å². The average Bonchev–Trinajstić information content (AvgIpc) is 2.36. The largest absolute Gasteiger partial charge is 0.489 e. The van der Waals surface area contributed by atoms with Gasteiger partial charge in [0.2, 0.25) is 5.91 Å². The summed E-state index contributed by atoms with van der Waals surface area (Å²) in [6.07, 6.45) is -0.326. The molecule has 0 aromatic heterocycles. The fourth-order valence-corrected chi connectivity index (χ4v) is 1.32. The molecule has 0 bridgehead atoms. The molecular formula is C13H16FNO4. The summed E-state index contributed by atoms with van der Waals surface area (Å²) < 4.78 is 22.9. The predicted molar refractivity (Wildman–Crippen MR) is 66.2 cm³/mol. The molecule has 0 heterocycles. The summed E-state index contributed by atoms with van der Waals surface area (Å²) in [7, 11) is 0. The second-order valence-electron chi connectivity index (χ2n) is 3.61. The number of carbonyl (C=O) groups is 2. The second-order valence-corrected chi connectivity index (χ2v) is 3.61. The standard InChI is InChI=1S/C13H16FNO4/c1-2-18-13(17)9-12(16)15-7-8-19-11-6-4-3-5-10(11)14/h3-6H,2,7-9H2,1H3,(H,15,16). The number of esters is 1. The molecule has 0 aliphatic carbocycles. The summed E-state index contributed by atoms with van der Waals surface area (Å²) in [4.78, 5) is 22.3. The van der Waals surface area contributed by atoms with E-state index in [1.807, 2.05) is 0 Å². The van der Waals surface area contributed by atoms with E-state index in [2.05, 4.69) is 10.1 Å². The lowest BCUT2D eigenvalue weighted by molar-refractivity contribution is -0.145. The first-order chi connectivity index (χ1) is 9.13. The van der Waals surface area contributed by atoms with Gasteiger partial charge in [-0.25, -0.2) is 4.39 Å². The smallest absolute Gasteiger partial charge is 0.315 e. The summed E-state index contributed by atoms with van der Waals surface area (Å²) >= 11 is 0. The molecule has 19 heavy (non-hydrogen) atoms. The Bertz CT molecular complexity index is 436. The van der Waals surface area contributed by atoms with Crippen molar-refractivity contribution in [3.8, 4) is 5.75 Å². The number of carbonyl (C=O) groups excluding carboxylic acids is 2. The van der Waals surface area contributed by atoms with Crippen LogP contribution in [0.25, 0.3) is 0 Å². The monoisotopic (exact) mass is 269 g/mol. The van der Waals surface area contributed by atoms with E-state index >= 15 is 0 Å². The van der Waals surface area contributed by atoms with Crippen molar-refractivity contribution < 1.29 is 23.5 Å². The molecule has 0 unspecified atom stereocenters. The van der Waals surface area contributed by atoms with Crippen LogP contribution in [-0.2, 0) is 14.3 Å². The minimum atomic E-state index is -0.574. The molecule has 0 saturated heterocycles. The number of benzene rings is 1. The van der Waals surface area contributed by atoms with E-state index in [4.69, 9.17) is 4.74 Å². The summed E-state index contributed by atoms with van der Waals surface area (Å²) in [6.45, 7) is 2.21. The fourth-order valence-electron chi connectivity index (χ4n) is 1.32. The molecule has 5 nitrogen and oxygen atoms in total. The molecule has 0 aliphatic heterocycles. The normalized spacial score (nSPS) is 9.79. The van der Waals surface area contributed by atoms with Crippen LogP contribution in [0.2, 0.25) is 0 Å². The van der Waals surface area contributed by atoms with Gasteiger partial charge in [-0.2, -0.15) is 0 Å². The first kappa shape index (κ1) is 14.9. The fraction of sp³-hybridized carbons (Fsp3) is 0.385. The van der Waals surface area contributed by atoms with Crippen molar-refractivity contribution in [3.05, 3.63) is 30.1 Å². The summed E-state index contributed by atoms with van der Waals surface area (Å²) in [5, 5.41) is 2.47. The molecule has 0 radical (unpaired) electrons. The maximum Gasteiger partial charge on any atom is 0.315 e. The Kier molecular flexibility index (Phi) is 6.35. The minimum Gasteiger partial charge on any atom is -0.489 e. The average molecular weight is 269 g/mol. The number of hydrogen-bond donors (Lipinski definition) is 1. The number of halogens is 1. The van der Waals surface area contributed by atoms with Crippen LogP contribution in [0, 0.1) is 5.82 Å². The predicted octanol–water partition coefficient (Wildman–Crippen LogP) is 1.27. The van der Waals surface area contributed by atoms with E-state index < -0.39 is 17.7 Å². The van der Waals surface area contributed by atoms with Crippen LogP contribution < -0.4 is 10.1 Å². The van der Waals surface area contributed by atoms with Crippen LogP contribution in [0.4, 0.5) is 4.39 Å². The van der Waals surface area contributed by atoms with Gasteiger partial charge in [0.05, 0.1) is 13.2 Å². The van der Waals surface area contributed by atoms with Crippen molar-refractivity contribution in [2.24, 2.45) is 0 Å². The minimum absolute atomic E-state index is 0.121. The number of para-hydroxylation sites is 1. The van der Waals surface area contributed by atoms with E-state index in [0.29, 0.717) is 0 Å². The highest BCUT2D eigenvalue weighted by Gasteiger charge is 2.09. The van der Waals surface area contributed by atoms with Crippen molar-refractivity contribution in [1.29, 1.82) is 0 Å². The van der Waals surface area contributed by atoms with E-state index in [1.165, 1.54) is 12.1 Å². The lowest BCUT2D eigenvalue weighted by atomic mass is 10.3. The number of ether oxygens (including phenoxy) is 2. The summed E-state index contributed by atoms with van der Waals surface area (Å²) in [5.41, 5.74) is 0. The van der Waals surface area contributed by atoms with Gasteiger partial charge in [-0.05, 0) is 19.1 Å². The van der Waals surface area contributed by atoms with Gasteiger partial charge in [0.1, 0.15) is 13.0 Å². The molecule has 1 rings (SSSR count). The Morgan fingerprint density at radius 1 is 1.32 bits per heavy atom. The number of rotatable bonds is 7. The topological polar surface area (TPSA) is 64.6 Å². The van der Waals surface area contributed by atoms with Gasteiger partial charge >= 0.3 is 5.97 Å². The molecule has 0 aliphatic rings. The molecule has 0 fully saturated rings. The number of hydrogen-bond acceptors (Lipinski definition) is 4. The molecule has 6 heteroatoms. The number of amides is 1. The van der Waals surface area contributed by atoms with Gasteiger partial charge in [-0.1, -0.05) is 12.1 Å². The van der Waals surface area contributed by atoms with E-state index in [1.54, 1.807) is 19.1 Å². The summed E-state index contributed by atoms with van der Waals surface area (Å²) in [5.74, 6) is -1.35. The maximum absolute atomic E-state index is 13.2. The number of nitrogens with one attached hydrogen (secondary N) is 1. The van der Waals surface area contributed by atoms with Crippen molar-refractivity contribution in [1.82, 2.24) is 5.32 Å². The molecule has 0 atom stereocenters. The highest BCUT2D eigenvalue weighted by molar-refractivity contribution is 5.94. The lowest BCUT2D eigenvalue weighted by Gasteiger charge is -2.08. The van der Waals surface area contributed by atoms with Crippen molar-refractivity contribution in [2.45, 2.75) is 13.3 Å². The highest BCUT2D eigenvalue weighted by atomic mass is 19.1. The third kappa shape index (κ3) is 5.85. The van der Waals surface area contributed by atoms with Gasteiger partial charge in [-0.15, -0.1) is 0 Å². The van der Waals surface area contributed by atoms with Crippen molar-refractivity contribution >= 4 is 11.9 Å². The second kappa shape index (κ2) is 8.07. The van der Waals surface area contributed by atoms with Crippen LogP contribution >= 0.6 is 0 Å². The Morgan fingerprint density at radius 2 is 2.05 bits per heavy atom. The van der Waals surface area contributed by atoms with E-state index in [-0.39, 0.29) is 31.9 Å². The van der Waals surface area contributed by atoms with Gasteiger partial charge in [0, 0.05) is 0 Å². The van der Waals surface area contributed by atoms with Gasteiger partial charge in [-0.3, -0.25) is 9.59 Å². The van der Waals surface area contributed by atoms with E-state index in [0.717, 1.165) is 0 Å².